The van der Waals surface area contributed by atoms with E-state index in [2.05, 4.69) is 41.3 Å². The number of likely N-dealkylation sites (N-methyl/N-ethyl adjacent to an activating group) is 1. The van der Waals surface area contributed by atoms with Crippen molar-refractivity contribution in [2.45, 2.75) is 12.8 Å². The van der Waals surface area contributed by atoms with Gasteiger partial charge in [0, 0.05) is 44.1 Å². The van der Waals surface area contributed by atoms with E-state index in [4.69, 9.17) is 5.73 Å². The molecule has 4 heteroatoms. The van der Waals surface area contributed by atoms with Crippen LogP contribution in [0.2, 0.25) is 0 Å². The lowest BCUT2D eigenvalue weighted by Gasteiger charge is -2.31. The molecule has 0 bridgehead atoms. The summed E-state index contributed by atoms with van der Waals surface area (Å²) in [5.74, 6) is 0. The Labute approximate surface area is 116 Å². The van der Waals surface area contributed by atoms with Gasteiger partial charge in [0.15, 0.2) is 0 Å². The molecule has 0 aliphatic carbocycles. The first-order valence-electron chi connectivity index (χ1n) is 7.15. The number of nitrogens with two attached hydrogens (primary N) is 1. The van der Waals surface area contributed by atoms with Crippen molar-refractivity contribution in [3.05, 3.63) is 23.8 Å². The van der Waals surface area contributed by atoms with Crippen molar-refractivity contribution in [3.63, 3.8) is 0 Å². The molecule has 0 saturated carbocycles. The van der Waals surface area contributed by atoms with Gasteiger partial charge in [-0.3, -0.25) is 0 Å². The molecule has 0 saturated heterocycles. The van der Waals surface area contributed by atoms with E-state index in [1.54, 1.807) is 0 Å². The number of hydrogen-bond acceptors (Lipinski definition) is 4. The molecule has 0 aromatic heterocycles. The zero-order valence-electron chi connectivity index (χ0n) is 12.2. The van der Waals surface area contributed by atoms with Gasteiger partial charge in [0.2, 0.25) is 0 Å². The second-order valence-electron chi connectivity index (χ2n) is 5.53. The van der Waals surface area contributed by atoms with Gasteiger partial charge < -0.3 is 20.9 Å². The van der Waals surface area contributed by atoms with Gasteiger partial charge in [-0.05, 0) is 44.6 Å². The summed E-state index contributed by atoms with van der Waals surface area (Å²) < 4.78 is 0. The highest BCUT2D eigenvalue weighted by atomic mass is 15.2. The molecule has 4 nitrogen and oxygen atoms in total. The van der Waals surface area contributed by atoms with Crippen molar-refractivity contribution in [3.8, 4) is 0 Å². The average Bonchev–Trinajstić information content (AvgIpc) is 2.38. The predicted octanol–water partition coefficient (Wildman–Crippen LogP) is 1.17. The minimum atomic E-state index is 0.867. The zero-order valence-corrected chi connectivity index (χ0v) is 12.2. The van der Waals surface area contributed by atoms with Crippen molar-refractivity contribution < 1.29 is 0 Å². The SMILES string of the molecule is CN(C)CCNCCN1CCCc2ccc(N)cc21. The molecule has 2 rings (SSSR count). The smallest absolute Gasteiger partial charge is 0.0419 e. The summed E-state index contributed by atoms with van der Waals surface area (Å²) in [5.41, 5.74) is 9.55. The van der Waals surface area contributed by atoms with E-state index in [-0.39, 0.29) is 0 Å². The van der Waals surface area contributed by atoms with Crippen LogP contribution in [0.15, 0.2) is 18.2 Å². The summed E-state index contributed by atoms with van der Waals surface area (Å²) in [6.07, 6.45) is 2.43. The summed E-state index contributed by atoms with van der Waals surface area (Å²) in [4.78, 5) is 4.65. The largest absolute Gasteiger partial charge is 0.399 e. The van der Waals surface area contributed by atoms with Crippen LogP contribution in [0.1, 0.15) is 12.0 Å². The third-order valence-electron chi connectivity index (χ3n) is 3.62. The standard InChI is InChI=1S/C15H26N4/c1-18(2)10-7-17-8-11-19-9-3-4-13-5-6-14(16)12-15(13)19/h5-6,12,17H,3-4,7-11,16H2,1-2H3. The van der Waals surface area contributed by atoms with E-state index >= 15 is 0 Å². The van der Waals surface area contributed by atoms with Crippen LogP contribution < -0.4 is 16.0 Å². The predicted molar refractivity (Wildman–Crippen MR) is 82.8 cm³/mol. The van der Waals surface area contributed by atoms with Crippen LogP contribution in [-0.4, -0.2) is 51.7 Å². The summed E-state index contributed by atoms with van der Waals surface area (Å²) in [5, 5.41) is 3.49. The minimum Gasteiger partial charge on any atom is -0.399 e. The normalized spacial score (nSPS) is 14.8. The van der Waals surface area contributed by atoms with Gasteiger partial charge in [0.05, 0.1) is 0 Å². The average molecular weight is 262 g/mol. The van der Waals surface area contributed by atoms with Gasteiger partial charge in [-0.15, -0.1) is 0 Å². The first kappa shape index (κ1) is 14.2. The van der Waals surface area contributed by atoms with E-state index in [1.807, 2.05) is 6.07 Å². The highest BCUT2D eigenvalue weighted by Gasteiger charge is 2.16. The van der Waals surface area contributed by atoms with E-state index in [1.165, 1.54) is 24.1 Å². The molecule has 0 atom stereocenters. The topological polar surface area (TPSA) is 44.5 Å². The van der Waals surface area contributed by atoms with Gasteiger partial charge >= 0.3 is 0 Å². The molecule has 1 aliphatic rings. The number of hydrogen-bond donors (Lipinski definition) is 2. The monoisotopic (exact) mass is 262 g/mol. The number of nitrogens with zero attached hydrogens (tertiary/aromatic N) is 2. The van der Waals surface area contributed by atoms with Crippen LogP contribution >= 0.6 is 0 Å². The molecular formula is C15H26N4. The number of aryl methyl sites for hydroxylation is 1. The highest BCUT2D eigenvalue weighted by molar-refractivity contribution is 5.62. The Bertz CT molecular complexity index is 403. The molecular weight excluding hydrogens is 236 g/mol. The maximum absolute atomic E-state index is 5.91. The summed E-state index contributed by atoms with van der Waals surface area (Å²) >= 11 is 0. The Morgan fingerprint density at radius 2 is 2.16 bits per heavy atom. The number of rotatable bonds is 6. The van der Waals surface area contributed by atoms with Gasteiger partial charge in [-0.1, -0.05) is 6.07 Å². The maximum atomic E-state index is 5.91. The fourth-order valence-corrected chi connectivity index (χ4v) is 2.54. The van der Waals surface area contributed by atoms with Crippen LogP contribution in [0.3, 0.4) is 0 Å². The second-order valence-corrected chi connectivity index (χ2v) is 5.53. The molecule has 0 amide bonds. The molecule has 3 N–H and O–H groups in total. The fraction of sp³-hybridized carbons (Fsp3) is 0.600. The fourth-order valence-electron chi connectivity index (χ4n) is 2.54. The molecule has 1 heterocycles. The highest BCUT2D eigenvalue weighted by Crippen LogP contribution is 2.28. The molecule has 19 heavy (non-hydrogen) atoms. The van der Waals surface area contributed by atoms with Gasteiger partial charge in [-0.25, -0.2) is 0 Å². The number of nitrogen functional groups attached to an aromatic ring is 1. The first-order chi connectivity index (χ1) is 9.16. The lowest BCUT2D eigenvalue weighted by Crippen LogP contribution is -2.37. The summed E-state index contributed by atoms with van der Waals surface area (Å²) in [6.45, 7) is 5.37. The third-order valence-corrected chi connectivity index (χ3v) is 3.62. The number of benzene rings is 1. The van der Waals surface area contributed by atoms with Crippen molar-refractivity contribution >= 4 is 11.4 Å². The molecule has 1 aliphatic heterocycles. The molecule has 0 radical (unpaired) electrons. The molecule has 1 aromatic carbocycles. The molecule has 0 unspecified atom stereocenters. The van der Waals surface area contributed by atoms with Crippen LogP contribution in [0.4, 0.5) is 11.4 Å². The Hall–Kier alpha value is -1.26. The molecule has 106 valence electrons. The van der Waals surface area contributed by atoms with Crippen molar-refractivity contribution in [1.82, 2.24) is 10.2 Å². The molecule has 0 fully saturated rings. The van der Waals surface area contributed by atoms with E-state index in [0.29, 0.717) is 0 Å². The van der Waals surface area contributed by atoms with Crippen molar-refractivity contribution in [2.75, 3.05) is 57.5 Å². The van der Waals surface area contributed by atoms with Crippen LogP contribution in [0, 0.1) is 0 Å². The third kappa shape index (κ3) is 4.11. The van der Waals surface area contributed by atoms with Crippen LogP contribution in [-0.2, 0) is 6.42 Å². The number of fused-ring (bicyclic) bond motifs is 1. The van der Waals surface area contributed by atoms with Gasteiger partial charge in [0.25, 0.3) is 0 Å². The second kappa shape index (κ2) is 6.78. The lowest BCUT2D eigenvalue weighted by molar-refractivity contribution is 0.401. The lowest BCUT2D eigenvalue weighted by atomic mass is 10.0. The Balaban J connectivity index is 1.84. The summed E-state index contributed by atoms with van der Waals surface area (Å²) in [6, 6.07) is 6.31. The Morgan fingerprint density at radius 1 is 1.32 bits per heavy atom. The Morgan fingerprint density at radius 3 is 2.95 bits per heavy atom. The summed E-state index contributed by atoms with van der Waals surface area (Å²) in [7, 11) is 4.21. The van der Waals surface area contributed by atoms with Crippen LogP contribution in [0.5, 0.6) is 0 Å². The zero-order chi connectivity index (χ0) is 13.7. The van der Waals surface area contributed by atoms with E-state index < -0.39 is 0 Å². The Kier molecular flexibility index (Phi) is 5.05. The molecule has 1 aromatic rings. The van der Waals surface area contributed by atoms with Gasteiger partial charge in [-0.2, -0.15) is 0 Å². The van der Waals surface area contributed by atoms with Gasteiger partial charge in [0.1, 0.15) is 0 Å². The van der Waals surface area contributed by atoms with Crippen molar-refractivity contribution in [1.29, 1.82) is 0 Å². The van der Waals surface area contributed by atoms with Crippen LogP contribution in [0.25, 0.3) is 0 Å². The first-order valence-corrected chi connectivity index (χ1v) is 7.15. The molecule has 0 spiro atoms. The number of anilines is 2. The maximum Gasteiger partial charge on any atom is 0.0419 e. The number of nitrogens with one attached hydrogen (secondary N) is 1. The van der Waals surface area contributed by atoms with E-state index in [9.17, 15) is 0 Å². The quantitative estimate of drug-likeness (QED) is 0.597. The van der Waals surface area contributed by atoms with Crippen molar-refractivity contribution in [2.24, 2.45) is 0 Å². The van der Waals surface area contributed by atoms with E-state index in [0.717, 1.165) is 38.4 Å². The minimum absolute atomic E-state index is 0.867.